The van der Waals surface area contributed by atoms with Gasteiger partial charge in [-0.1, -0.05) is 37.3 Å². The number of carbonyl (C=O) groups excluding carboxylic acids is 2. The topological polar surface area (TPSA) is 52.7 Å². The number of piperidine rings is 1. The van der Waals surface area contributed by atoms with Crippen molar-refractivity contribution in [3.63, 3.8) is 0 Å². The summed E-state index contributed by atoms with van der Waals surface area (Å²) in [6.07, 6.45) is 5.56. The van der Waals surface area contributed by atoms with E-state index in [9.17, 15) is 9.59 Å². The molecule has 2 aromatic rings. The van der Waals surface area contributed by atoms with Crippen molar-refractivity contribution >= 4 is 23.2 Å². The van der Waals surface area contributed by atoms with E-state index in [1.165, 1.54) is 0 Å². The van der Waals surface area contributed by atoms with Crippen LogP contribution in [0, 0.1) is 5.92 Å². The third-order valence-corrected chi connectivity index (χ3v) is 6.51. The molecule has 0 spiro atoms. The summed E-state index contributed by atoms with van der Waals surface area (Å²) in [6, 6.07) is 15.9. The lowest BCUT2D eigenvalue weighted by Gasteiger charge is -2.34. The highest BCUT2D eigenvalue weighted by atomic mass is 16.2. The van der Waals surface area contributed by atoms with Gasteiger partial charge in [0.05, 0.1) is 5.56 Å². The summed E-state index contributed by atoms with van der Waals surface area (Å²) in [5.74, 6) is 0.798. The maximum absolute atomic E-state index is 13.3. The molecule has 2 saturated heterocycles. The van der Waals surface area contributed by atoms with E-state index in [1.54, 1.807) is 0 Å². The summed E-state index contributed by atoms with van der Waals surface area (Å²) in [5.41, 5.74) is 3.58. The summed E-state index contributed by atoms with van der Waals surface area (Å²) in [6.45, 7) is 5.89. The number of carbonyl (C=O) groups is 2. The minimum Gasteiger partial charge on any atom is -0.371 e. The SMILES string of the molecule is CC1CCN(c2ccc(NC(=O)CCc3ccccc3)cc2C(=O)N2CCCC2)CC1. The minimum atomic E-state index is -0.0250. The number of aryl methyl sites for hydroxylation is 1. The van der Waals surface area contributed by atoms with Crippen LogP contribution in [0.15, 0.2) is 48.5 Å². The molecule has 2 heterocycles. The number of nitrogens with one attached hydrogen (secondary N) is 1. The molecule has 0 radical (unpaired) electrons. The number of likely N-dealkylation sites (tertiary alicyclic amines) is 1. The van der Waals surface area contributed by atoms with Gasteiger partial charge in [-0.2, -0.15) is 0 Å². The highest BCUT2D eigenvalue weighted by molar-refractivity contribution is 6.02. The average molecular weight is 420 g/mol. The Morgan fingerprint density at radius 3 is 2.39 bits per heavy atom. The smallest absolute Gasteiger partial charge is 0.256 e. The molecule has 0 atom stereocenters. The number of anilines is 2. The minimum absolute atomic E-state index is 0.0250. The Morgan fingerprint density at radius 1 is 0.968 bits per heavy atom. The molecule has 0 aliphatic carbocycles. The third-order valence-electron chi connectivity index (χ3n) is 6.51. The van der Waals surface area contributed by atoms with Crippen molar-refractivity contribution in [1.82, 2.24) is 4.90 Å². The molecule has 5 heteroatoms. The molecule has 0 bridgehead atoms. The second-order valence-corrected chi connectivity index (χ2v) is 8.93. The molecule has 2 aliphatic heterocycles. The van der Waals surface area contributed by atoms with Gasteiger partial charge in [-0.25, -0.2) is 0 Å². The summed E-state index contributed by atoms with van der Waals surface area (Å²) < 4.78 is 0. The van der Waals surface area contributed by atoms with Gasteiger partial charge in [0.15, 0.2) is 0 Å². The molecule has 4 rings (SSSR count). The zero-order valence-corrected chi connectivity index (χ0v) is 18.5. The summed E-state index contributed by atoms with van der Waals surface area (Å²) in [4.78, 5) is 30.1. The lowest BCUT2D eigenvalue weighted by molar-refractivity contribution is -0.116. The van der Waals surface area contributed by atoms with Crippen molar-refractivity contribution in [2.24, 2.45) is 5.92 Å². The highest BCUT2D eigenvalue weighted by Gasteiger charge is 2.26. The first-order valence-corrected chi connectivity index (χ1v) is 11.6. The van der Waals surface area contributed by atoms with Gasteiger partial charge in [0, 0.05) is 44.0 Å². The summed E-state index contributed by atoms with van der Waals surface area (Å²) in [7, 11) is 0. The van der Waals surface area contributed by atoms with Gasteiger partial charge in [-0.15, -0.1) is 0 Å². The largest absolute Gasteiger partial charge is 0.371 e. The van der Waals surface area contributed by atoms with Crippen LogP contribution in [-0.2, 0) is 11.2 Å². The van der Waals surface area contributed by atoms with Gasteiger partial charge in [-0.3, -0.25) is 9.59 Å². The van der Waals surface area contributed by atoms with E-state index in [-0.39, 0.29) is 11.8 Å². The quantitative estimate of drug-likeness (QED) is 0.736. The molecule has 5 nitrogen and oxygen atoms in total. The van der Waals surface area contributed by atoms with Crippen molar-refractivity contribution in [1.29, 1.82) is 0 Å². The third kappa shape index (κ3) is 5.46. The molecule has 0 unspecified atom stereocenters. The number of benzene rings is 2. The first-order chi connectivity index (χ1) is 15.1. The van der Waals surface area contributed by atoms with Crippen molar-refractivity contribution in [3.05, 3.63) is 59.7 Å². The normalized spacial score (nSPS) is 17.1. The van der Waals surface area contributed by atoms with Crippen LogP contribution in [0.3, 0.4) is 0 Å². The number of hydrogen-bond acceptors (Lipinski definition) is 3. The van der Waals surface area contributed by atoms with Crippen LogP contribution in [0.25, 0.3) is 0 Å². The lowest BCUT2D eigenvalue weighted by Crippen LogP contribution is -2.35. The second-order valence-electron chi connectivity index (χ2n) is 8.93. The van der Waals surface area contributed by atoms with Crippen LogP contribution in [-0.4, -0.2) is 42.9 Å². The molecule has 1 N–H and O–H groups in total. The van der Waals surface area contributed by atoms with Crippen LogP contribution in [0.1, 0.15) is 54.9 Å². The maximum Gasteiger partial charge on any atom is 0.256 e. The number of amides is 2. The zero-order valence-electron chi connectivity index (χ0n) is 18.5. The maximum atomic E-state index is 13.3. The lowest BCUT2D eigenvalue weighted by atomic mass is 9.97. The van der Waals surface area contributed by atoms with Gasteiger partial charge in [0.25, 0.3) is 5.91 Å². The van der Waals surface area contributed by atoms with Gasteiger partial charge in [0.1, 0.15) is 0 Å². The van der Waals surface area contributed by atoms with E-state index in [0.29, 0.717) is 18.5 Å². The van der Waals surface area contributed by atoms with E-state index in [1.807, 2.05) is 53.4 Å². The standard InChI is InChI=1S/C26H33N3O2/c1-20-13-17-28(18-14-20)24-11-10-22(19-23(24)26(31)29-15-5-6-16-29)27-25(30)12-9-21-7-3-2-4-8-21/h2-4,7-8,10-11,19-20H,5-6,9,12-18H2,1H3,(H,27,30). The van der Waals surface area contributed by atoms with Crippen molar-refractivity contribution < 1.29 is 9.59 Å². The van der Waals surface area contributed by atoms with Crippen LogP contribution < -0.4 is 10.2 Å². The first kappa shape index (κ1) is 21.4. The Morgan fingerprint density at radius 2 is 1.68 bits per heavy atom. The van der Waals surface area contributed by atoms with Crippen molar-refractivity contribution in [2.75, 3.05) is 36.4 Å². The molecular weight excluding hydrogens is 386 g/mol. The molecule has 2 fully saturated rings. The molecule has 164 valence electrons. The number of rotatable bonds is 6. The van der Waals surface area contributed by atoms with E-state index in [4.69, 9.17) is 0 Å². The van der Waals surface area contributed by atoms with Crippen LogP contribution in [0.4, 0.5) is 11.4 Å². The summed E-state index contributed by atoms with van der Waals surface area (Å²) in [5, 5.41) is 3.01. The molecule has 2 aliphatic rings. The highest BCUT2D eigenvalue weighted by Crippen LogP contribution is 2.30. The summed E-state index contributed by atoms with van der Waals surface area (Å²) >= 11 is 0. The van der Waals surface area contributed by atoms with E-state index in [2.05, 4.69) is 17.1 Å². The Bertz CT molecular complexity index is 898. The molecular formula is C26H33N3O2. The van der Waals surface area contributed by atoms with Crippen molar-refractivity contribution in [3.8, 4) is 0 Å². The van der Waals surface area contributed by atoms with Gasteiger partial charge < -0.3 is 15.1 Å². The first-order valence-electron chi connectivity index (χ1n) is 11.6. The van der Waals surface area contributed by atoms with Crippen molar-refractivity contribution in [2.45, 2.75) is 45.4 Å². The second kappa shape index (κ2) is 9.99. The van der Waals surface area contributed by atoms with E-state index in [0.717, 1.165) is 74.6 Å². The number of hydrogen-bond donors (Lipinski definition) is 1. The molecule has 0 saturated carbocycles. The van der Waals surface area contributed by atoms with E-state index >= 15 is 0 Å². The fourth-order valence-corrected chi connectivity index (χ4v) is 4.53. The average Bonchev–Trinajstić information content (AvgIpc) is 3.34. The molecule has 0 aromatic heterocycles. The van der Waals surface area contributed by atoms with Gasteiger partial charge in [0.2, 0.25) is 5.91 Å². The van der Waals surface area contributed by atoms with Crippen LogP contribution in [0.5, 0.6) is 0 Å². The Labute approximate surface area is 185 Å². The molecule has 31 heavy (non-hydrogen) atoms. The fraction of sp³-hybridized carbons (Fsp3) is 0.462. The Hall–Kier alpha value is -2.82. The molecule has 2 amide bonds. The molecule has 2 aromatic carbocycles. The predicted octanol–water partition coefficient (Wildman–Crippen LogP) is 4.73. The monoisotopic (exact) mass is 419 g/mol. The van der Waals surface area contributed by atoms with Gasteiger partial charge in [-0.05, 0) is 61.8 Å². The van der Waals surface area contributed by atoms with Crippen LogP contribution in [0.2, 0.25) is 0 Å². The number of nitrogens with zero attached hydrogens (tertiary/aromatic N) is 2. The fourth-order valence-electron chi connectivity index (χ4n) is 4.53. The van der Waals surface area contributed by atoms with E-state index < -0.39 is 0 Å². The van der Waals surface area contributed by atoms with Crippen LogP contribution >= 0.6 is 0 Å². The predicted molar refractivity (Wildman–Crippen MR) is 126 cm³/mol. The zero-order chi connectivity index (χ0) is 21.6. The van der Waals surface area contributed by atoms with Gasteiger partial charge >= 0.3 is 0 Å². The Kier molecular flexibility index (Phi) is 6.90. The Balaban J connectivity index is 1.49.